The third-order valence-corrected chi connectivity index (χ3v) is 2.36. The van der Waals surface area contributed by atoms with Crippen LogP contribution in [0.4, 0.5) is 4.39 Å². The summed E-state index contributed by atoms with van der Waals surface area (Å²) in [5.74, 6) is -0.707. The number of ketones is 1. The van der Waals surface area contributed by atoms with Crippen LogP contribution in [0.5, 0.6) is 0 Å². The minimum atomic E-state index is -1.73. The number of carbonyl (C=O) groups is 1. The summed E-state index contributed by atoms with van der Waals surface area (Å²) < 4.78 is 12.5. The number of rotatable bonds is 2. The molecule has 1 aromatic rings. The van der Waals surface area contributed by atoms with Gasteiger partial charge in [-0.3, -0.25) is 4.79 Å². The fourth-order valence-corrected chi connectivity index (χ4v) is 1.56. The lowest BCUT2D eigenvalue weighted by Gasteiger charge is -2.02. The molecule has 0 amide bonds. The largest absolute Gasteiger partial charge is 0.290 e. The Morgan fingerprint density at radius 3 is 2.54 bits per heavy atom. The van der Waals surface area contributed by atoms with Gasteiger partial charge in [0.2, 0.25) is 10.9 Å². The van der Waals surface area contributed by atoms with E-state index >= 15 is 0 Å². The number of hydrogen-bond donors (Lipinski definition) is 0. The Bertz CT molecular complexity index is 341. The maximum absolute atomic E-state index is 12.5. The zero-order chi connectivity index (χ0) is 10.0. The normalized spacial score (nSPS) is 12.6. The van der Waals surface area contributed by atoms with Gasteiger partial charge in [0.05, 0.1) is 5.02 Å². The van der Waals surface area contributed by atoms with Crippen molar-refractivity contribution in [2.24, 2.45) is 0 Å². The van der Waals surface area contributed by atoms with Crippen LogP contribution in [0.25, 0.3) is 0 Å². The van der Waals surface area contributed by atoms with E-state index in [0.717, 1.165) is 0 Å². The van der Waals surface area contributed by atoms with Crippen LogP contribution in [-0.4, -0.2) is 10.9 Å². The Hall–Kier alpha value is -0.120. The van der Waals surface area contributed by atoms with Gasteiger partial charge in [0.25, 0.3) is 0 Å². The average Bonchev–Trinajstić information content (AvgIpc) is 2.03. The van der Waals surface area contributed by atoms with Crippen LogP contribution in [0.2, 0.25) is 10.0 Å². The molecule has 1 atom stereocenters. The predicted molar refractivity (Wildman–Crippen MR) is 54.6 cm³/mol. The van der Waals surface area contributed by atoms with E-state index in [2.05, 4.69) is 15.9 Å². The fraction of sp³-hybridized carbons (Fsp3) is 0.125. The van der Waals surface area contributed by atoms with Gasteiger partial charge in [-0.15, -0.1) is 0 Å². The monoisotopic (exact) mass is 284 g/mol. The average molecular weight is 286 g/mol. The molecule has 5 heteroatoms. The lowest BCUT2D eigenvalue weighted by Crippen LogP contribution is -2.08. The SMILES string of the molecule is O=C(c1ccc(Cl)cc1Cl)C(F)Br. The molecule has 0 saturated carbocycles. The number of alkyl halides is 2. The second kappa shape index (κ2) is 4.40. The second-order valence-electron chi connectivity index (χ2n) is 2.29. The topological polar surface area (TPSA) is 17.1 Å². The molecule has 1 unspecified atom stereocenters. The van der Waals surface area contributed by atoms with Gasteiger partial charge in [-0.1, -0.05) is 23.2 Å². The van der Waals surface area contributed by atoms with Crippen LogP contribution in [0.1, 0.15) is 10.4 Å². The molecule has 0 fully saturated rings. The zero-order valence-corrected chi connectivity index (χ0v) is 9.33. The molecular weight excluding hydrogens is 282 g/mol. The summed E-state index contributed by atoms with van der Waals surface area (Å²) in [7, 11) is 0. The van der Waals surface area contributed by atoms with E-state index in [1.54, 1.807) is 0 Å². The third-order valence-electron chi connectivity index (χ3n) is 1.39. The molecule has 70 valence electrons. The third kappa shape index (κ3) is 2.66. The Morgan fingerprint density at radius 2 is 2.08 bits per heavy atom. The van der Waals surface area contributed by atoms with E-state index in [1.165, 1.54) is 18.2 Å². The number of Topliss-reactive ketones (excluding diaryl/α,β-unsaturated/α-hetero) is 1. The number of hydrogen-bond acceptors (Lipinski definition) is 1. The van der Waals surface area contributed by atoms with Crippen LogP contribution in [-0.2, 0) is 0 Å². The first-order valence-electron chi connectivity index (χ1n) is 3.30. The quantitative estimate of drug-likeness (QED) is 0.596. The molecule has 0 radical (unpaired) electrons. The molecule has 1 rings (SSSR count). The first-order chi connectivity index (χ1) is 6.02. The lowest BCUT2D eigenvalue weighted by atomic mass is 10.1. The summed E-state index contributed by atoms with van der Waals surface area (Å²) in [6, 6.07) is 4.27. The zero-order valence-electron chi connectivity index (χ0n) is 6.23. The van der Waals surface area contributed by atoms with Gasteiger partial charge in [0.15, 0.2) is 0 Å². The van der Waals surface area contributed by atoms with Gasteiger partial charge in [-0.25, -0.2) is 4.39 Å². The van der Waals surface area contributed by atoms with Crippen LogP contribution < -0.4 is 0 Å². The van der Waals surface area contributed by atoms with E-state index in [4.69, 9.17) is 23.2 Å². The number of halogens is 4. The van der Waals surface area contributed by atoms with Gasteiger partial charge in [0.1, 0.15) is 0 Å². The predicted octanol–water partition coefficient (Wildman–Crippen LogP) is 3.87. The van der Waals surface area contributed by atoms with E-state index in [9.17, 15) is 9.18 Å². The smallest absolute Gasteiger partial charge is 0.217 e. The Morgan fingerprint density at radius 1 is 1.46 bits per heavy atom. The van der Waals surface area contributed by atoms with Gasteiger partial charge < -0.3 is 0 Å². The van der Waals surface area contributed by atoms with Crippen molar-refractivity contribution in [1.82, 2.24) is 0 Å². The van der Waals surface area contributed by atoms with Crippen LogP contribution >= 0.6 is 39.1 Å². The molecule has 0 N–H and O–H groups in total. The maximum atomic E-state index is 12.5. The highest BCUT2D eigenvalue weighted by molar-refractivity contribution is 9.09. The van der Waals surface area contributed by atoms with Gasteiger partial charge in [-0.2, -0.15) is 0 Å². The summed E-state index contributed by atoms with van der Waals surface area (Å²) >= 11 is 13.8. The van der Waals surface area contributed by atoms with Crippen molar-refractivity contribution in [2.45, 2.75) is 5.08 Å². The van der Waals surface area contributed by atoms with Crippen molar-refractivity contribution in [1.29, 1.82) is 0 Å². The van der Waals surface area contributed by atoms with Gasteiger partial charge in [-0.05, 0) is 34.1 Å². The molecule has 0 spiro atoms. The highest BCUT2D eigenvalue weighted by Crippen LogP contribution is 2.23. The van der Waals surface area contributed by atoms with Crippen molar-refractivity contribution in [2.75, 3.05) is 0 Å². The molecule has 0 saturated heterocycles. The highest BCUT2D eigenvalue weighted by Gasteiger charge is 2.18. The molecular formula is C8H4BrCl2FO. The fourth-order valence-electron chi connectivity index (χ4n) is 0.807. The summed E-state index contributed by atoms with van der Waals surface area (Å²) in [6.07, 6.45) is 0. The minimum Gasteiger partial charge on any atom is -0.290 e. The Kier molecular flexibility index (Phi) is 3.71. The maximum Gasteiger partial charge on any atom is 0.217 e. The summed E-state index contributed by atoms with van der Waals surface area (Å²) in [6.45, 7) is 0. The number of carbonyl (C=O) groups excluding carboxylic acids is 1. The van der Waals surface area contributed by atoms with Crippen LogP contribution in [0.15, 0.2) is 18.2 Å². The van der Waals surface area contributed by atoms with E-state index in [-0.39, 0.29) is 10.6 Å². The first kappa shape index (κ1) is 11.0. The molecule has 0 aliphatic carbocycles. The molecule has 13 heavy (non-hydrogen) atoms. The van der Waals surface area contributed by atoms with Gasteiger partial charge in [0, 0.05) is 10.6 Å². The summed E-state index contributed by atoms with van der Waals surface area (Å²) in [5, 5.41) is -1.17. The molecule has 0 bridgehead atoms. The standard InChI is InChI=1S/C8H4BrCl2FO/c9-8(12)7(13)5-2-1-4(10)3-6(5)11/h1-3,8H. The molecule has 0 heterocycles. The van der Waals surface area contributed by atoms with Crippen molar-refractivity contribution < 1.29 is 9.18 Å². The Labute approximate surface area is 93.0 Å². The van der Waals surface area contributed by atoms with Crippen molar-refractivity contribution >= 4 is 44.9 Å². The lowest BCUT2D eigenvalue weighted by molar-refractivity contribution is 0.0943. The van der Waals surface area contributed by atoms with E-state index < -0.39 is 10.9 Å². The minimum absolute atomic E-state index is 0.121. The highest BCUT2D eigenvalue weighted by atomic mass is 79.9. The van der Waals surface area contributed by atoms with E-state index in [0.29, 0.717) is 5.02 Å². The number of benzene rings is 1. The van der Waals surface area contributed by atoms with Crippen LogP contribution in [0, 0.1) is 0 Å². The Balaban J connectivity index is 3.09. The van der Waals surface area contributed by atoms with Crippen molar-refractivity contribution in [3.05, 3.63) is 33.8 Å². The van der Waals surface area contributed by atoms with Crippen molar-refractivity contribution in [3.8, 4) is 0 Å². The summed E-state index contributed by atoms with van der Waals surface area (Å²) in [5.41, 5.74) is 0.121. The van der Waals surface area contributed by atoms with Gasteiger partial charge >= 0.3 is 0 Å². The molecule has 0 aromatic heterocycles. The molecule has 1 nitrogen and oxygen atoms in total. The first-order valence-corrected chi connectivity index (χ1v) is 4.97. The van der Waals surface area contributed by atoms with E-state index in [1.807, 2.05) is 0 Å². The van der Waals surface area contributed by atoms with Crippen LogP contribution in [0.3, 0.4) is 0 Å². The molecule has 0 aliphatic heterocycles. The summed E-state index contributed by atoms with van der Waals surface area (Å²) in [4.78, 5) is 11.1. The second-order valence-corrected chi connectivity index (χ2v) is 3.94. The van der Waals surface area contributed by atoms with Crippen molar-refractivity contribution in [3.63, 3.8) is 0 Å². The molecule has 1 aromatic carbocycles. The molecule has 0 aliphatic rings.